The number of hydrogen-bond acceptors (Lipinski definition) is 5. The summed E-state index contributed by atoms with van der Waals surface area (Å²) in [4.78, 5) is 11.6. The Morgan fingerprint density at radius 1 is 1.24 bits per heavy atom. The molecule has 0 saturated carbocycles. The molecular weight excluding hydrogens is 362 g/mol. The second kappa shape index (κ2) is 7.92. The number of non-ortho nitro benzene ring substituents is 1. The number of nitro groups is 1. The number of nitrogens with zero attached hydrogens (tertiary/aromatic N) is 3. The van der Waals surface area contributed by atoms with Crippen molar-refractivity contribution in [2.45, 2.75) is 44.4 Å². The number of thiazole rings is 1. The lowest BCUT2D eigenvalue weighted by molar-refractivity contribution is -0.384. The Hall–Kier alpha value is -2.00. The first-order valence-corrected chi connectivity index (χ1v) is 10.2. The fourth-order valence-electron chi connectivity index (χ4n) is 2.33. The highest BCUT2D eigenvalue weighted by Gasteiger charge is 2.16. The number of nitro benzene ring substituents is 1. The van der Waals surface area contributed by atoms with Gasteiger partial charge in [0, 0.05) is 29.8 Å². The van der Waals surface area contributed by atoms with Gasteiger partial charge in [-0.25, -0.2) is 0 Å². The number of aryl methyl sites for hydroxylation is 1. The van der Waals surface area contributed by atoms with Gasteiger partial charge in [0.05, 0.1) is 9.82 Å². The van der Waals surface area contributed by atoms with Crippen LogP contribution >= 0.6 is 11.3 Å². The first-order valence-electron chi connectivity index (χ1n) is 7.97. The second-order valence-electron chi connectivity index (χ2n) is 5.73. The summed E-state index contributed by atoms with van der Waals surface area (Å²) in [5.41, 5.74) is 0.855. The smallest absolute Gasteiger partial charge is 0.285 e. The van der Waals surface area contributed by atoms with Crippen molar-refractivity contribution in [2.24, 2.45) is 11.4 Å². The maximum absolute atomic E-state index is 12.5. The molecule has 1 aromatic carbocycles. The molecule has 0 radical (unpaired) electrons. The van der Waals surface area contributed by atoms with Gasteiger partial charge in [-0.1, -0.05) is 19.8 Å². The molecule has 0 spiro atoms. The summed E-state index contributed by atoms with van der Waals surface area (Å²) in [5.74, 6) is 0. The van der Waals surface area contributed by atoms with E-state index in [0.717, 1.165) is 48.4 Å². The summed E-state index contributed by atoms with van der Waals surface area (Å²) in [6.07, 6.45) is 4.23. The normalized spacial score (nSPS) is 12.5. The van der Waals surface area contributed by atoms with Crippen molar-refractivity contribution < 1.29 is 13.3 Å². The Morgan fingerprint density at radius 3 is 2.44 bits per heavy atom. The number of hydrogen-bond donors (Lipinski definition) is 0. The Morgan fingerprint density at radius 2 is 1.88 bits per heavy atom. The zero-order valence-corrected chi connectivity index (χ0v) is 16.1. The summed E-state index contributed by atoms with van der Waals surface area (Å²) in [6, 6.07) is 4.75. The van der Waals surface area contributed by atoms with Gasteiger partial charge in [-0.3, -0.25) is 10.1 Å². The third kappa shape index (κ3) is 4.55. The number of rotatable bonds is 7. The monoisotopic (exact) mass is 383 g/mol. The van der Waals surface area contributed by atoms with Crippen molar-refractivity contribution in [3.05, 3.63) is 49.8 Å². The summed E-state index contributed by atoms with van der Waals surface area (Å²) in [7, 11) is -2.12. The molecule has 0 bridgehead atoms. The summed E-state index contributed by atoms with van der Waals surface area (Å²) >= 11 is 1.38. The first kappa shape index (κ1) is 19.3. The van der Waals surface area contributed by atoms with Gasteiger partial charge in [-0.2, -0.15) is 8.42 Å². The molecule has 9 heteroatoms. The SMILES string of the molecule is CCCCCc1sc(=NS(=O)(=O)c2ccc([N+](=O)[O-])cc2)n(C)c1C. The number of sulfonamides is 1. The summed E-state index contributed by atoms with van der Waals surface area (Å²) in [6.45, 7) is 4.09. The average Bonchev–Trinajstić information content (AvgIpc) is 2.83. The van der Waals surface area contributed by atoms with Gasteiger partial charge in [0.15, 0.2) is 0 Å². The van der Waals surface area contributed by atoms with Gasteiger partial charge in [-0.05, 0) is 31.9 Å². The van der Waals surface area contributed by atoms with E-state index in [4.69, 9.17) is 0 Å². The van der Waals surface area contributed by atoms with Crippen LogP contribution in [0.1, 0.15) is 36.8 Å². The first-order chi connectivity index (χ1) is 11.8. The van der Waals surface area contributed by atoms with Crippen LogP contribution in [0, 0.1) is 17.0 Å². The van der Waals surface area contributed by atoms with E-state index in [0.29, 0.717) is 4.80 Å². The molecule has 2 aromatic rings. The lowest BCUT2D eigenvalue weighted by Crippen LogP contribution is -2.14. The average molecular weight is 383 g/mol. The minimum absolute atomic E-state index is 0.0586. The predicted octanol–water partition coefficient (Wildman–Crippen LogP) is 3.33. The molecule has 25 heavy (non-hydrogen) atoms. The summed E-state index contributed by atoms with van der Waals surface area (Å²) < 4.78 is 30.6. The maximum atomic E-state index is 12.5. The van der Waals surface area contributed by atoms with Crippen LogP contribution in [-0.4, -0.2) is 17.9 Å². The highest BCUT2D eigenvalue weighted by atomic mass is 32.2. The molecule has 0 amide bonds. The molecular formula is C16H21N3O4S2. The third-order valence-corrected chi connectivity index (χ3v) is 6.65. The molecule has 7 nitrogen and oxygen atoms in total. The topological polar surface area (TPSA) is 94.6 Å². The Labute approximate surface area is 150 Å². The minimum Gasteiger partial charge on any atom is -0.323 e. The lowest BCUT2D eigenvalue weighted by atomic mass is 10.2. The van der Waals surface area contributed by atoms with E-state index in [1.165, 1.54) is 23.5 Å². The Bertz CT molecular complexity index is 925. The van der Waals surface area contributed by atoms with Crippen molar-refractivity contribution in [3.63, 3.8) is 0 Å². The van der Waals surface area contributed by atoms with Crippen molar-refractivity contribution in [1.82, 2.24) is 4.57 Å². The highest BCUT2D eigenvalue weighted by molar-refractivity contribution is 7.90. The molecule has 0 fully saturated rings. The quantitative estimate of drug-likeness (QED) is 0.416. The van der Waals surface area contributed by atoms with Gasteiger partial charge in [0.25, 0.3) is 15.7 Å². The molecule has 2 rings (SSSR count). The van der Waals surface area contributed by atoms with Crippen molar-refractivity contribution in [2.75, 3.05) is 0 Å². The molecule has 0 N–H and O–H groups in total. The van der Waals surface area contributed by atoms with Crippen molar-refractivity contribution in [1.29, 1.82) is 0 Å². The van der Waals surface area contributed by atoms with E-state index < -0.39 is 14.9 Å². The second-order valence-corrected chi connectivity index (χ2v) is 8.39. The number of unbranched alkanes of at least 4 members (excludes halogenated alkanes) is 2. The van der Waals surface area contributed by atoms with E-state index in [1.807, 2.05) is 6.92 Å². The van der Waals surface area contributed by atoms with E-state index in [2.05, 4.69) is 11.3 Å². The largest absolute Gasteiger partial charge is 0.323 e. The van der Waals surface area contributed by atoms with Crippen LogP contribution < -0.4 is 4.80 Å². The molecule has 0 aliphatic heterocycles. The molecule has 1 aromatic heterocycles. The predicted molar refractivity (Wildman–Crippen MR) is 97.1 cm³/mol. The van der Waals surface area contributed by atoms with Gasteiger partial charge in [0.1, 0.15) is 0 Å². The fourth-order valence-corrected chi connectivity index (χ4v) is 4.71. The molecule has 136 valence electrons. The Kier molecular flexibility index (Phi) is 6.12. The van der Waals surface area contributed by atoms with Crippen LogP contribution in [0.4, 0.5) is 5.69 Å². The van der Waals surface area contributed by atoms with Crippen molar-refractivity contribution >= 4 is 27.0 Å². The zero-order chi connectivity index (χ0) is 18.6. The van der Waals surface area contributed by atoms with Crippen LogP contribution in [0.3, 0.4) is 0 Å². The van der Waals surface area contributed by atoms with Crippen LogP contribution in [0.15, 0.2) is 33.6 Å². The zero-order valence-electron chi connectivity index (χ0n) is 14.4. The van der Waals surface area contributed by atoms with Gasteiger partial charge in [-0.15, -0.1) is 15.7 Å². The van der Waals surface area contributed by atoms with Crippen LogP contribution in [0.25, 0.3) is 0 Å². The summed E-state index contributed by atoms with van der Waals surface area (Å²) in [5, 5.41) is 10.7. The van der Waals surface area contributed by atoms with Crippen molar-refractivity contribution in [3.8, 4) is 0 Å². The van der Waals surface area contributed by atoms with Crippen LogP contribution in [0.2, 0.25) is 0 Å². The molecule has 1 heterocycles. The Balaban J connectivity index is 2.37. The lowest BCUT2D eigenvalue weighted by Gasteiger charge is -2.00. The van der Waals surface area contributed by atoms with Gasteiger partial charge >= 0.3 is 0 Å². The van der Waals surface area contributed by atoms with Gasteiger partial charge in [0.2, 0.25) is 4.80 Å². The maximum Gasteiger partial charge on any atom is 0.285 e. The van der Waals surface area contributed by atoms with Gasteiger partial charge < -0.3 is 4.57 Å². The fraction of sp³-hybridized carbons (Fsp3) is 0.438. The molecule has 0 aliphatic carbocycles. The highest BCUT2D eigenvalue weighted by Crippen LogP contribution is 2.19. The van der Waals surface area contributed by atoms with Crippen LogP contribution in [-0.2, 0) is 23.5 Å². The molecule has 0 atom stereocenters. The number of aromatic nitrogens is 1. The number of benzene rings is 1. The molecule has 0 saturated heterocycles. The van der Waals surface area contributed by atoms with Crippen LogP contribution in [0.5, 0.6) is 0 Å². The van der Waals surface area contributed by atoms with E-state index >= 15 is 0 Å². The molecule has 0 aliphatic rings. The molecule has 0 unspecified atom stereocenters. The third-order valence-electron chi connectivity index (χ3n) is 3.96. The van der Waals surface area contributed by atoms with E-state index in [9.17, 15) is 18.5 Å². The minimum atomic E-state index is -3.91. The van der Waals surface area contributed by atoms with E-state index in [1.54, 1.807) is 11.6 Å². The standard InChI is InChI=1S/C16H21N3O4S2/c1-4-5-6-7-15-12(2)18(3)16(24-15)17-25(22,23)14-10-8-13(9-11-14)19(20)21/h8-11H,4-7H2,1-3H3. The van der Waals surface area contributed by atoms with E-state index in [-0.39, 0.29) is 10.6 Å².